The Morgan fingerprint density at radius 3 is 2.86 bits per heavy atom. The zero-order chi connectivity index (χ0) is 19.4. The highest BCUT2D eigenvalue weighted by atomic mass is 35.5. The fourth-order valence-electron chi connectivity index (χ4n) is 3.11. The molecule has 1 aliphatic rings. The predicted octanol–water partition coefficient (Wildman–Crippen LogP) is 3.61. The van der Waals surface area contributed by atoms with E-state index in [1.165, 1.54) is 6.39 Å². The van der Waals surface area contributed by atoms with E-state index >= 15 is 0 Å². The molecule has 1 fully saturated rings. The van der Waals surface area contributed by atoms with Crippen molar-refractivity contribution in [3.05, 3.63) is 47.2 Å². The molecule has 1 aromatic carbocycles. The van der Waals surface area contributed by atoms with E-state index in [1.54, 1.807) is 23.0 Å². The van der Waals surface area contributed by atoms with E-state index in [0.717, 1.165) is 18.5 Å². The summed E-state index contributed by atoms with van der Waals surface area (Å²) < 4.78 is 6.89. The van der Waals surface area contributed by atoms with Crippen LogP contribution in [0.15, 0.2) is 35.2 Å². The molecule has 5 rings (SSSR count). The summed E-state index contributed by atoms with van der Waals surface area (Å²) in [5, 5.41) is 4.80. The number of aryl methyl sites for hydroxylation is 1. The Morgan fingerprint density at radius 1 is 1.32 bits per heavy atom. The Bertz CT molecular complexity index is 1240. The molecule has 28 heavy (non-hydrogen) atoms. The van der Waals surface area contributed by atoms with Crippen molar-refractivity contribution >= 4 is 34.3 Å². The van der Waals surface area contributed by atoms with Gasteiger partial charge in [0.2, 0.25) is 0 Å². The van der Waals surface area contributed by atoms with Gasteiger partial charge in [0.05, 0.1) is 10.7 Å². The summed E-state index contributed by atoms with van der Waals surface area (Å²) in [6.07, 6.45) is 4.80. The summed E-state index contributed by atoms with van der Waals surface area (Å²) in [5.41, 5.74) is 9.26. The number of anilines is 1. The molecule has 0 radical (unpaired) electrons. The zero-order valence-electron chi connectivity index (χ0n) is 14.9. The number of Topliss-reactive ketones (excluding diaryl/α,β-unsaturated/α-hetero) is 1. The maximum atomic E-state index is 12.6. The molecule has 0 unspecified atom stereocenters. The molecule has 0 bridgehead atoms. The molecule has 2 N–H and O–H groups in total. The molecule has 0 atom stereocenters. The molecule has 0 amide bonds. The van der Waals surface area contributed by atoms with Gasteiger partial charge < -0.3 is 10.2 Å². The van der Waals surface area contributed by atoms with E-state index in [1.807, 2.05) is 13.0 Å². The molecular weight excluding hydrogens is 380 g/mol. The standard InChI is InChI=1S/C19H15ClN6O2/c1-9-4-5-26(25-9)19-14(11-6-12(20)17-13(7-11)22-8-28-17)23-15(18(21)24-19)16(27)10-2-3-10/h4-8,10H,2-3H2,1H3,(H2,21,24). The molecule has 140 valence electrons. The van der Waals surface area contributed by atoms with Crippen LogP contribution in [-0.4, -0.2) is 30.5 Å². The van der Waals surface area contributed by atoms with Crippen LogP contribution >= 0.6 is 11.6 Å². The first kappa shape index (κ1) is 16.9. The summed E-state index contributed by atoms with van der Waals surface area (Å²) in [6.45, 7) is 1.87. The topological polar surface area (TPSA) is 113 Å². The number of hydrogen-bond donors (Lipinski definition) is 1. The van der Waals surface area contributed by atoms with Crippen molar-refractivity contribution in [2.24, 2.45) is 5.92 Å². The number of carbonyl (C=O) groups excluding carboxylic acids is 1. The number of benzene rings is 1. The number of nitrogen functional groups attached to an aromatic ring is 1. The average Bonchev–Trinajstić information content (AvgIpc) is 3.25. The minimum absolute atomic E-state index is 0.0242. The Labute approximate surface area is 164 Å². The molecule has 0 aliphatic heterocycles. The van der Waals surface area contributed by atoms with Gasteiger partial charge >= 0.3 is 0 Å². The molecule has 4 aromatic rings. The monoisotopic (exact) mass is 394 g/mol. The lowest BCUT2D eigenvalue weighted by molar-refractivity contribution is 0.0963. The summed E-state index contributed by atoms with van der Waals surface area (Å²) in [4.78, 5) is 25.9. The minimum atomic E-state index is -0.0805. The van der Waals surface area contributed by atoms with Gasteiger partial charge in [-0.15, -0.1) is 0 Å². The third-order valence-corrected chi connectivity index (χ3v) is 4.97. The van der Waals surface area contributed by atoms with Gasteiger partial charge in [0.25, 0.3) is 0 Å². The molecule has 0 saturated heterocycles. The Balaban J connectivity index is 1.76. The van der Waals surface area contributed by atoms with Crippen LogP contribution in [-0.2, 0) is 0 Å². The smallest absolute Gasteiger partial charge is 0.188 e. The van der Waals surface area contributed by atoms with Crippen molar-refractivity contribution in [1.82, 2.24) is 24.7 Å². The van der Waals surface area contributed by atoms with Gasteiger partial charge in [0.15, 0.2) is 29.4 Å². The largest absolute Gasteiger partial charge is 0.442 e. The first-order valence-corrected chi connectivity index (χ1v) is 9.16. The van der Waals surface area contributed by atoms with Gasteiger partial charge in [-0.05, 0) is 38.0 Å². The van der Waals surface area contributed by atoms with Gasteiger partial charge in [0.1, 0.15) is 16.9 Å². The lowest BCUT2D eigenvalue weighted by Gasteiger charge is -2.12. The zero-order valence-corrected chi connectivity index (χ0v) is 15.6. The third-order valence-electron chi connectivity index (χ3n) is 4.69. The van der Waals surface area contributed by atoms with Crippen molar-refractivity contribution in [2.75, 3.05) is 5.73 Å². The molecule has 1 saturated carbocycles. The Morgan fingerprint density at radius 2 is 2.14 bits per heavy atom. The highest BCUT2D eigenvalue weighted by Crippen LogP contribution is 2.36. The number of rotatable bonds is 4. The highest BCUT2D eigenvalue weighted by Gasteiger charge is 2.34. The van der Waals surface area contributed by atoms with E-state index < -0.39 is 0 Å². The van der Waals surface area contributed by atoms with Gasteiger partial charge in [0, 0.05) is 17.7 Å². The molecule has 0 spiro atoms. The SMILES string of the molecule is Cc1ccn(-c2nc(N)c(C(=O)C3CC3)nc2-c2cc(Cl)c3ocnc3c2)n1. The van der Waals surface area contributed by atoms with Gasteiger partial charge in [-0.1, -0.05) is 11.6 Å². The van der Waals surface area contributed by atoms with Gasteiger partial charge in [-0.25, -0.2) is 19.6 Å². The maximum absolute atomic E-state index is 12.6. The van der Waals surface area contributed by atoms with Crippen LogP contribution in [0.1, 0.15) is 29.0 Å². The van der Waals surface area contributed by atoms with Crippen LogP contribution in [0.3, 0.4) is 0 Å². The van der Waals surface area contributed by atoms with Crippen LogP contribution in [0.4, 0.5) is 5.82 Å². The second-order valence-corrected chi connectivity index (χ2v) is 7.24. The number of oxazole rings is 1. The van der Waals surface area contributed by atoms with E-state index in [-0.39, 0.29) is 23.2 Å². The van der Waals surface area contributed by atoms with Crippen molar-refractivity contribution < 1.29 is 9.21 Å². The number of carbonyl (C=O) groups is 1. The number of halogens is 1. The third kappa shape index (κ3) is 2.73. The van der Waals surface area contributed by atoms with Crippen LogP contribution in [0, 0.1) is 12.8 Å². The summed E-state index contributed by atoms with van der Waals surface area (Å²) in [6, 6.07) is 5.34. The Kier molecular flexibility index (Phi) is 3.70. The average molecular weight is 395 g/mol. The summed E-state index contributed by atoms with van der Waals surface area (Å²) in [7, 11) is 0. The van der Waals surface area contributed by atoms with Crippen molar-refractivity contribution in [3.63, 3.8) is 0 Å². The van der Waals surface area contributed by atoms with Crippen molar-refractivity contribution in [2.45, 2.75) is 19.8 Å². The fraction of sp³-hybridized carbons (Fsp3) is 0.211. The fourth-order valence-corrected chi connectivity index (χ4v) is 3.37. The van der Waals surface area contributed by atoms with E-state index in [0.29, 0.717) is 33.2 Å². The van der Waals surface area contributed by atoms with Gasteiger partial charge in [-0.3, -0.25) is 4.79 Å². The first-order chi connectivity index (χ1) is 13.5. The van der Waals surface area contributed by atoms with Crippen LogP contribution in [0.5, 0.6) is 0 Å². The van der Waals surface area contributed by atoms with Gasteiger partial charge in [-0.2, -0.15) is 5.10 Å². The van der Waals surface area contributed by atoms with E-state index in [4.69, 9.17) is 21.8 Å². The lowest BCUT2D eigenvalue weighted by Crippen LogP contribution is -2.14. The number of ketones is 1. The highest BCUT2D eigenvalue weighted by molar-refractivity contribution is 6.35. The second kappa shape index (κ2) is 6.13. The number of hydrogen-bond acceptors (Lipinski definition) is 7. The lowest BCUT2D eigenvalue weighted by atomic mass is 10.1. The summed E-state index contributed by atoms with van der Waals surface area (Å²) in [5.74, 6) is 0.404. The number of nitrogens with two attached hydrogens (primary N) is 1. The maximum Gasteiger partial charge on any atom is 0.188 e. The quantitative estimate of drug-likeness (QED) is 0.526. The first-order valence-electron chi connectivity index (χ1n) is 8.79. The van der Waals surface area contributed by atoms with E-state index in [9.17, 15) is 4.79 Å². The minimum Gasteiger partial charge on any atom is -0.442 e. The molecule has 3 aromatic heterocycles. The van der Waals surface area contributed by atoms with Crippen molar-refractivity contribution in [1.29, 1.82) is 0 Å². The number of fused-ring (bicyclic) bond motifs is 1. The summed E-state index contributed by atoms with van der Waals surface area (Å²) >= 11 is 6.35. The molecule has 8 nitrogen and oxygen atoms in total. The molecule has 1 aliphatic carbocycles. The van der Waals surface area contributed by atoms with Crippen LogP contribution in [0.2, 0.25) is 5.02 Å². The second-order valence-electron chi connectivity index (χ2n) is 6.83. The molecule has 3 heterocycles. The molecular formula is C19H15ClN6O2. The molecule has 9 heteroatoms. The normalized spacial score (nSPS) is 13.9. The Hall–Kier alpha value is -3.26. The van der Waals surface area contributed by atoms with E-state index in [2.05, 4.69) is 20.1 Å². The van der Waals surface area contributed by atoms with Crippen LogP contribution < -0.4 is 5.73 Å². The number of aromatic nitrogens is 5. The number of nitrogens with zero attached hydrogens (tertiary/aromatic N) is 5. The predicted molar refractivity (Wildman–Crippen MR) is 103 cm³/mol. The van der Waals surface area contributed by atoms with Crippen molar-refractivity contribution in [3.8, 4) is 17.1 Å². The van der Waals surface area contributed by atoms with Crippen LogP contribution in [0.25, 0.3) is 28.2 Å².